The third-order valence-electron chi connectivity index (χ3n) is 1.72. The van der Waals surface area contributed by atoms with Crippen LogP contribution in [-0.4, -0.2) is 13.7 Å². The number of rotatable bonds is 4. The van der Waals surface area contributed by atoms with Crippen molar-refractivity contribution in [3.05, 3.63) is 23.2 Å². The van der Waals surface area contributed by atoms with Gasteiger partial charge in [0.15, 0.2) is 0 Å². The van der Waals surface area contributed by atoms with Gasteiger partial charge < -0.3 is 10.1 Å². The van der Waals surface area contributed by atoms with Crippen molar-refractivity contribution in [2.45, 2.75) is 6.42 Å². The molecule has 0 spiro atoms. The molecule has 1 rings (SSSR count). The van der Waals surface area contributed by atoms with Crippen molar-refractivity contribution >= 4 is 17.3 Å². The van der Waals surface area contributed by atoms with Crippen molar-refractivity contribution in [2.75, 3.05) is 19.0 Å². The zero-order valence-corrected chi connectivity index (χ0v) is 8.64. The zero-order valence-electron chi connectivity index (χ0n) is 7.88. The van der Waals surface area contributed by atoms with Crippen LogP contribution in [0.3, 0.4) is 0 Å². The minimum absolute atomic E-state index is 0.477. The van der Waals surface area contributed by atoms with Gasteiger partial charge in [0.05, 0.1) is 24.6 Å². The van der Waals surface area contributed by atoms with Crippen LogP contribution >= 0.6 is 11.6 Å². The van der Waals surface area contributed by atoms with Crippen molar-refractivity contribution in [2.24, 2.45) is 0 Å². The maximum absolute atomic E-state index is 8.35. The Labute approximate surface area is 88.3 Å². The number of benzene rings is 1. The highest BCUT2D eigenvalue weighted by molar-refractivity contribution is 6.32. The lowest BCUT2D eigenvalue weighted by Gasteiger charge is -2.07. The second-order valence-corrected chi connectivity index (χ2v) is 3.09. The first-order chi connectivity index (χ1) is 6.77. The van der Waals surface area contributed by atoms with Gasteiger partial charge in [-0.05, 0) is 12.1 Å². The normalized spacial score (nSPS) is 9.21. The summed E-state index contributed by atoms with van der Waals surface area (Å²) in [5.74, 6) is 0.633. The van der Waals surface area contributed by atoms with E-state index in [1.807, 2.05) is 6.07 Å². The van der Waals surface area contributed by atoms with Gasteiger partial charge in [-0.3, -0.25) is 0 Å². The largest absolute Gasteiger partial charge is 0.495 e. The Morgan fingerprint density at radius 3 is 3.00 bits per heavy atom. The van der Waals surface area contributed by atoms with Gasteiger partial charge in [-0.25, -0.2) is 0 Å². The molecule has 1 aromatic rings. The molecular weight excluding hydrogens is 200 g/mol. The van der Waals surface area contributed by atoms with Gasteiger partial charge in [0.2, 0.25) is 0 Å². The SMILES string of the molecule is COc1cc(NCCC#N)ccc1Cl. The average molecular weight is 211 g/mol. The summed E-state index contributed by atoms with van der Waals surface area (Å²) in [6, 6.07) is 7.47. The molecule has 0 bridgehead atoms. The molecule has 0 heterocycles. The second kappa shape index (κ2) is 5.36. The summed E-state index contributed by atoms with van der Waals surface area (Å²) < 4.78 is 5.05. The summed E-state index contributed by atoms with van der Waals surface area (Å²) in [6.45, 7) is 0.626. The van der Waals surface area contributed by atoms with Crippen molar-refractivity contribution in [3.63, 3.8) is 0 Å². The van der Waals surface area contributed by atoms with Crippen LogP contribution in [-0.2, 0) is 0 Å². The number of methoxy groups -OCH3 is 1. The van der Waals surface area contributed by atoms with Crippen molar-refractivity contribution < 1.29 is 4.74 Å². The van der Waals surface area contributed by atoms with Gasteiger partial charge in [-0.1, -0.05) is 11.6 Å². The van der Waals surface area contributed by atoms with Gasteiger partial charge in [0.25, 0.3) is 0 Å². The summed E-state index contributed by atoms with van der Waals surface area (Å²) in [7, 11) is 1.57. The predicted molar refractivity (Wildman–Crippen MR) is 56.7 cm³/mol. The number of nitriles is 1. The standard InChI is InChI=1S/C10H11ClN2O/c1-14-10-7-8(3-4-9(10)11)13-6-2-5-12/h3-4,7,13H,2,6H2,1H3. The number of hydrogen-bond acceptors (Lipinski definition) is 3. The first-order valence-corrected chi connectivity index (χ1v) is 4.60. The molecule has 0 aliphatic heterocycles. The minimum atomic E-state index is 0.477. The van der Waals surface area contributed by atoms with Crippen LogP contribution < -0.4 is 10.1 Å². The lowest BCUT2D eigenvalue weighted by molar-refractivity contribution is 0.415. The number of halogens is 1. The lowest BCUT2D eigenvalue weighted by atomic mass is 10.3. The van der Waals surface area contributed by atoms with Gasteiger partial charge >= 0.3 is 0 Å². The van der Waals surface area contributed by atoms with E-state index >= 15 is 0 Å². The van der Waals surface area contributed by atoms with Gasteiger partial charge in [0.1, 0.15) is 5.75 Å². The van der Waals surface area contributed by atoms with Crippen LogP contribution in [0.15, 0.2) is 18.2 Å². The number of ether oxygens (including phenoxy) is 1. The molecular formula is C10H11ClN2O. The zero-order chi connectivity index (χ0) is 10.4. The number of nitrogens with zero attached hydrogens (tertiary/aromatic N) is 1. The number of nitrogens with one attached hydrogen (secondary N) is 1. The van der Waals surface area contributed by atoms with Crippen LogP contribution in [0.4, 0.5) is 5.69 Å². The summed E-state index contributed by atoms with van der Waals surface area (Å²) in [5.41, 5.74) is 0.904. The van der Waals surface area contributed by atoms with E-state index in [0.29, 0.717) is 23.7 Å². The Kier molecular flexibility index (Phi) is 4.09. The van der Waals surface area contributed by atoms with E-state index in [-0.39, 0.29) is 0 Å². The first-order valence-electron chi connectivity index (χ1n) is 4.22. The third kappa shape index (κ3) is 2.82. The molecule has 0 atom stereocenters. The van der Waals surface area contributed by atoms with Gasteiger partial charge in [-0.2, -0.15) is 5.26 Å². The fourth-order valence-electron chi connectivity index (χ4n) is 1.03. The Morgan fingerprint density at radius 1 is 1.57 bits per heavy atom. The van der Waals surface area contributed by atoms with Crippen LogP contribution in [0.2, 0.25) is 5.02 Å². The highest BCUT2D eigenvalue weighted by atomic mass is 35.5. The Balaban J connectivity index is 2.65. The van der Waals surface area contributed by atoms with E-state index in [1.165, 1.54) is 0 Å². The van der Waals surface area contributed by atoms with Crippen molar-refractivity contribution in [3.8, 4) is 11.8 Å². The summed E-state index contributed by atoms with van der Waals surface area (Å²) in [6.07, 6.45) is 0.477. The highest BCUT2D eigenvalue weighted by Gasteiger charge is 2.00. The topological polar surface area (TPSA) is 45.0 Å². The highest BCUT2D eigenvalue weighted by Crippen LogP contribution is 2.27. The molecule has 0 aromatic heterocycles. The molecule has 0 amide bonds. The molecule has 0 aliphatic rings. The molecule has 0 radical (unpaired) electrons. The van der Waals surface area contributed by atoms with Gasteiger partial charge in [-0.15, -0.1) is 0 Å². The maximum atomic E-state index is 8.35. The molecule has 0 saturated heterocycles. The smallest absolute Gasteiger partial charge is 0.139 e. The summed E-state index contributed by atoms with van der Waals surface area (Å²) in [5, 5.41) is 12.0. The minimum Gasteiger partial charge on any atom is -0.495 e. The van der Waals surface area contributed by atoms with E-state index in [1.54, 1.807) is 19.2 Å². The summed E-state index contributed by atoms with van der Waals surface area (Å²) >= 11 is 5.85. The predicted octanol–water partition coefficient (Wildman–Crippen LogP) is 2.67. The molecule has 1 N–H and O–H groups in total. The average Bonchev–Trinajstić information content (AvgIpc) is 2.21. The van der Waals surface area contributed by atoms with E-state index in [9.17, 15) is 0 Å². The monoisotopic (exact) mass is 210 g/mol. The molecule has 0 unspecified atom stereocenters. The van der Waals surface area contributed by atoms with Crippen LogP contribution in [0.5, 0.6) is 5.75 Å². The quantitative estimate of drug-likeness (QED) is 0.778. The van der Waals surface area contributed by atoms with Crippen LogP contribution in [0.25, 0.3) is 0 Å². The molecule has 1 aromatic carbocycles. The fourth-order valence-corrected chi connectivity index (χ4v) is 1.23. The van der Waals surface area contributed by atoms with Crippen molar-refractivity contribution in [1.29, 1.82) is 5.26 Å². The Morgan fingerprint density at radius 2 is 2.36 bits per heavy atom. The molecule has 0 fully saturated rings. The molecule has 14 heavy (non-hydrogen) atoms. The van der Waals surface area contributed by atoms with Gasteiger partial charge in [0, 0.05) is 18.3 Å². The Hall–Kier alpha value is -1.40. The van der Waals surface area contributed by atoms with E-state index in [2.05, 4.69) is 11.4 Å². The molecule has 74 valence electrons. The lowest BCUT2D eigenvalue weighted by Crippen LogP contribution is -2.00. The molecule has 4 heteroatoms. The molecule has 3 nitrogen and oxygen atoms in total. The fraction of sp³-hybridized carbons (Fsp3) is 0.300. The maximum Gasteiger partial charge on any atom is 0.139 e. The number of anilines is 1. The second-order valence-electron chi connectivity index (χ2n) is 2.68. The van der Waals surface area contributed by atoms with Crippen LogP contribution in [0, 0.1) is 11.3 Å². The molecule has 0 aliphatic carbocycles. The first kappa shape index (κ1) is 10.7. The van der Waals surface area contributed by atoms with Crippen LogP contribution in [0.1, 0.15) is 6.42 Å². The van der Waals surface area contributed by atoms with E-state index in [0.717, 1.165) is 5.69 Å². The Bertz CT molecular complexity index is 346. The third-order valence-corrected chi connectivity index (χ3v) is 2.03. The van der Waals surface area contributed by atoms with E-state index < -0.39 is 0 Å². The number of hydrogen-bond donors (Lipinski definition) is 1. The summed E-state index contributed by atoms with van der Waals surface area (Å²) in [4.78, 5) is 0. The van der Waals surface area contributed by atoms with E-state index in [4.69, 9.17) is 21.6 Å². The van der Waals surface area contributed by atoms with Crippen molar-refractivity contribution in [1.82, 2.24) is 0 Å². The molecule has 0 saturated carbocycles.